The van der Waals surface area contributed by atoms with Crippen LogP contribution in [0.1, 0.15) is 19.4 Å². The first-order chi connectivity index (χ1) is 16.0. The molecule has 1 fully saturated rings. The summed E-state index contributed by atoms with van der Waals surface area (Å²) in [6.07, 6.45) is 2.41. The minimum atomic E-state index is 0.234. The van der Waals surface area contributed by atoms with Crippen LogP contribution in [0.5, 0.6) is 0 Å². The molecule has 3 aromatic carbocycles. The highest BCUT2D eigenvalue weighted by Crippen LogP contribution is 2.37. The monoisotopic (exact) mass is 497 g/mol. The third-order valence-corrected chi connectivity index (χ3v) is 6.97. The zero-order valence-electron chi connectivity index (χ0n) is 18.6. The Balaban J connectivity index is 1.49. The zero-order chi connectivity index (χ0) is 22.9. The van der Waals surface area contributed by atoms with Crippen LogP contribution in [0.3, 0.4) is 0 Å². The summed E-state index contributed by atoms with van der Waals surface area (Å²) in [5, 5.41) is 10.1. The Labute approximate surface area is 202 Å². The average molecular weight is 498 g/mol. The predicted octanol–water partition coefficient (Wildman–Crippen LogP) is 6.82. The van der Waals surface area contributed by atoms with Crippen LogP contribution in [0.4, 0.5) is 5.69 Å². The van der Waals surface area contributed by atoms with Crippen LogP contribution in [0.15, 0.2) is 77.4 Å². The largest absolute Gasteiger partial charge is 0.372 e. The van der Waals surface area contributed by atoms with Gasteiger partial charge in [-0.15, -0.1) is 0 Å². The summed E-state index contributed by atoms with van der Waals surface area (Å²) < 4.78 is 6.90. The lowest BCUT2D eigenvalue weighted by Crippen LogP contribution is -2.45. The molecule has 1 aromatic heterocycles. The third-order valence-electron chi connectivity index (χ3n) is 6.12. The van der Waals surface area contributed by atoms with Crippen LogP contribution in [-0.4, -0.2) is 30.3 Å². The van der Waals surface area contributed by atoms with Gasteiger partial charge in [-0.1, -0.05) is 42.5 Å². The van der Waals surface area contributed by atoms with Crippen LogP contribution < -0.4 is 4.90 Å². The molecule has 2 atom stereocenters. The first-order valence-electron chi connectivity index (χ1n) is 11.1. The molecule has 0 amide bonds. The molecule has 164 valence electrons. The van der Waals surface area contributed by atoms with E-state index in [9.17, 15) is 0 Å². The maximum Gasteiger partial charge on any atom is 0.0991 e. The number of pyridine rings is 1. The lowest BCUT2D eigenvalue weighted by Gasteiger charge is -2.36. The number of hydrogen-bond donors (Lipinski definition) is 0. The fourth-order valence-corrected chi connectivity index (χ4v) is 5.24. The topological polar surface area (TPSA) is 49.2 Å². The summed E-state index contributed by atoms with van der Waals surface area (Å²) in [5.41, 5.74) is 7.09. The molecule has 0 spiro atoms. The smallest absolute Gasteiger partial charge is 0.0991 e. The van der Waals surface area contributed by atoms with Crippen molar-refractivity contribution in [3.8, 4) is 28.3 Å². The highest BCUT2D eigenvalue weighted by atomic mass is 79.9. The van der Waals surface area contributed by atoms with Crippen LogP contribution in [0.2, 0.25) is 0 Å². The fourth-order valence-electron chi connectivity index (χ4n) is 4.59. The molecule has 1 aliphatic rings. The first kappa shape index (κ1) is 21.6. The van der Waals surface area contributed by atoms with Crippen molar-refractivity contribution in [3.63, 3.8) is 0 Å². The Morgan fingerprint density at radius 1 is 0.909 bits per heavy atom. The quantitative estimate of drug-likeness (QED) is 0.311. The molecule has 0 bridgehead atoms. The number of fused-ring (bicyclic) bond motifs is 1. The maximum atomic E-state index is 9.08. The van der Waals surface area contributed by atoms with E-state index in [1.54, 1.807) is 0 Å². The van der Waals surface area contributed by atoms with Gasteiger partial charge in [-0.2, -0.15) is 5.26 Å². The molecule has 4 aromatic rings. The van der Waals surface area contributed by atoms with Crippen molar-refractivity contribution in [2.75, 3.05) is 18.0 Å². The number of aromatic nitrogens is 1. The molecule has 4 nitrogen and oxygen atoms in total. The molecular weight excluding hydrogens is 474 g/mol. The standard InChI is InChI=1S/C28H24BrN3O/c1-18-16-32(17-19(2)33-18)23-12-10-22(11-13-23)26-15-31-28-24(4-3-5-25(28)27(26)29)21-8-6-20(14-30)7-9-21/h3-13,15,18-19H,16-17H2,1-2H3. The molecule has 2 unspecified atom stereocenters. The van der Waals surface area contributed by atoms with Crippen LogP contribution >= 0.6 is 15.9 Å². The summed E-state index contributed by atoms with van der Waals surface area (Å²) in [6.45, 7) is 6.06. The van der Waals surface area contributed by atoms with Gasteiger partial charge in [-0.25, -0.2) is 0 Å². The zero-order valence-corrected chi connectivity index (χ0v) is 20.2. The molecule has 5 rings (SSSR count). The SMILES string of the molecule is CC1CN(c2ccc(-c3cnc4c(-c5ccc(C#N)cc5)cccc4c3Br)cc2)CC(C)O1. The lowest BCUT2D eigenvalue weighted by atomic mass is 9.99. The first-order valence-corrected chi connectivity index (χ1v) is 11.9. The molecule has 0 radical (unpaired) electrons. The van der Waals surface area contributed by atoms with Crippen molar-refractivity contribution >= 4 is 32.5 Å². The minimum Gasteiger partial charge on any atom is -0.372 e. The molecule has 0 aliphatic carbocycles. The number of benzene rings is 3. The Hall–Kier alpha value is -3.20. The lowest BCUT2D eigenvalue weighted by molar-refractivity contribution is -0.00521. The van der Waals surface area contributed by atoms with Crippen LogP contribution in [0.25, 0.3) is 33.2 Å². The molecule has 0 N–H and O–H groups in total. The number of rotatable bonds is 3. The Bertz CT molecular complexity index is 1330. The van der Waals surface area contributed by atoms with Gasteiger partial charge in [-0.3, -0.25) is 4.98 Å². The van der Waals surface area contributed by atoms with Crippen molar-refractivity contribution in [1.29, 1.82) is 5.26 Å². The van der Waals surface area contributed by atoms with E-state index in [1.807, 2.05) is 30.5 Å². The molecule has 5 heteroatoms. The van der Waals surface area contributed by atoms with E-state index in [4.69, 9.17) is 15.0 Å². The number of nitriles is 1. The maximum absolute atomic E-state index is 9.08. The summed E-state index contributed by atoms with van der Waals surface area (Å²) in [5.74, 6) is 0. The minimum absolute atomic E-state index is 0.234. The van der Waals surface area contributed by atoms with Gasteiger partial charge in [0, 0.05) is 46.0 Å². The van der Waals surface area contributed by atoms with Gasteiger partial charge in [0.25, 0.3) is 0 Å². The average Bonchev–Trinajstić information content (AvgIpc) is 2.84. The van der Waals surface area contributed by atoms with Crippen molar-refractivity contribution < 1.29 is 4.74 Å². The summed E-state index contributed by atoms with van der Waals surface area (Å²) in [7, 11) is 0. The van der Waals surface area contributed by atoms with Crippen molar-refractivity contribution in [2.45, 2.75) is 26.1 Å². The predicted molar refractivity (Wildman–Crippen MR) is 137 cm³/mol. The molecule has 1 saturated heterocycles. The Kier molecular flexibility index (Phi) is 5.88. The third kappa shape index (κ3) is 4.25. The van der Waals surface area contributed by atoms with E-state index < -0.39 is 0 Å². The van der Waals surface area contributed by atoms with Gasteiger partial charge in [0.2, 0.25) is 0 Å². The van der Waals surface area contributed by atoms with Gasteiger partial charge < -0.3 is 9.64 Å². The second-order valence-corrected chi connectivity index (χ2v) is 9.38. The number of morpholine rings is 1. The van der Waals surface area contributed by atoms with Crippen molar-refractivity contribution in [1.82, 2.24) is 4.98 Å². The number of para-hydroxylation sites is 1. The van der Waals surface area contributed by atoms with Gasteiger partial charge in [0.05, 0.1) is 29.4 Å². The highest BCUT2D eigenvalue weighted by Gasteiger charge is 2.22. The van der Waals surface area contributed by atoms with Gasteiger partial charge in [0.15, 0.2) is 0 Å². The highest BCUT2D eigenvalue weighted by molar-refractivity contribution is 9.10. The second kappa shape index (κ2) is 8.97. The summed E-state index contributed by atoms with van der Waals surface area (Å²) >= 11 is 3.85. The number of ether oxygens (including phenoxy) is 1. The number of nitrogens with zero attached hydrogens (tertiary/aromatic N) is 3. The van der Waals surface area contributed by atoms with Crippen molar-refractivity contribution in [2.24, 2.45) is 0 Å². The van der Waals surface area contributed by atoms with E-state index in [-0.39, 0.29) is 12.2 Å². The molecule has 0 saturated carbocycles. The summed E-state index contributed by atoms with van der Waals surface area (Å²) in [4.78, 5) is 7.24. The van der Waals surface area contributed by atoms with E-state index in [0.29, 0.717) is 5.56 Å². The van der Waals surface area contributed by atoms with E-state index in [0.717, 1.165) is 50.7 Å². The Morgan fingerprint density at radius 3 is 2.21 bits per heavy atom. The van der Waals surface area contributed by atoms with E-state index in [1.165, 1.54) is 5.69 Å². The molecule has 1 aliphatic heterocycles. The molecule has 2 heterocycles. The molecule has 33 heavy (non-hydrogen) atoms. The van der Waals surface area contributed by atoms with Gasteiger partial charge >= 0.3 is 0 Å². The number of hydrogen-bond acceptors (Lipinski definition) is 4. The van der Waals surface area contributed by atoms with Gasteiger partial charge in [-0.05, 0) is 65.2 Å². The van der Waals surface area contributed by atoms with Crippen LogP contribution in [0, 0.1) is 11.3 Å². The normalized spacial score (nSPS) is 18.3. The summed E-state index contributed by atoms with van der Waals surface area (Å²) in [6, 6.07) is 24.7. The van der Waals surface area contributed by atoms with Crippen molar-refractivity contribution in [3.05, 3.63) is 83.0 Å². The number of anilines is 1. The Morgan fingerprint density at radius 2 is 1.55 bits per heavy atom. The second-order valence-electron chi connectivity index (χ2n) is 8.59. The van der Waals surface area contributed by atoms with E-state index >= 15 is 0 Å². The van der Waals surface area contributed by atoms with E-state index in [2.05, 4.69) is 83.2 Å². The van der Waals surface area contributed by atoms with Gasteiger partial charge in [0.1, 0.15) is 0 Å². The molecular formula is C28H24BrN3O. The van der Waals surface area contributed by atoms with Crippen LogP contribution in [-0.2, 0) is 4.74 Å². The number of halogens is 1. The fraction of sp³-hybridized carbons (Fsp3) is 0.214.